The molecule has 1 N–H and O–H groups in total. The smallest absolute Gasteiger partial charge is 0.258 e. The van der Waals surface area contributed by atoms with Crippen LogP contribution < -0.4 is 10.2 Å². The summed E-state index contributed by atoms with van der Waals surface area (Å²) < 4.78 is 14.1. The van der Waals surface area contributed by atoms with Crippen LogP contribution in [0.5, 0.6) is 0 Å². The number of hydrogen-bond acceptors (Lipinski definition) is 3. The number of benzene rings is 3. The average Bonchev–Trinajstić information content (AvgIpc) is 3.15. The van der Waals surface area contributed by atoms with E-state index in [4.69, 9.17) is 0 Å². The minimum absolute atomic E-state index is 0.0190. The predicted molar refractivity (Wildman–Crippen MR) is 124 cm³/mol. The Morgan fingerprint density at radius 2 is 1.71 bits per heavy atom. The van der Waals surface area contributed by atoms with Crippen molar-refractivity contribution in [2.45, 2.75) is 25.1 Å². The largest absolute Gasteiger partial charge is 0.322 e. The molecule has 0 aliphatic carbocycles. The molecule has 158 valence electrons. The summed E-state index contributed by atoms with van der Waals surface area (Å²) in [5.41, 5.74) is 3.33. The summed E-state index contributed by atoms with van der Waals surface area (Å²) in [7, 11) is 0. The molecule has 4 rings (SSSR count). The topological polar surface area (TPSA) is 49.4 Å². The third-order valence-electron chi connectivity index (χ3n) is 5.28. The van der Waals surface area contributed by atoms with Crippen LogP contribution in [-0.2, 0) is 4.79 Å². The van der Waals surface area contributed by atoms with Gasteiger partial charge >= 0.3 is 0 Å². The van der Waals surface area contributed by atoms with Gasteiger partial charge in [0.1, 0.15) is 11.2 Å². The summed E-state index contributed by atoms with van der Waals surface area (Å²) in [4.78, 5) is 27.4. The van der Waals surface area contributed by atoms with E-state index in [9.17, 15) is 14.0 Å². The van der Waals surface area contributed by atoms with Crippen LogP contribution in [0, 0.1) is 5.82 Å². The van der Waals surface area contributed by atoms with Gasteiger partial charge in [0, 0.05) is 16.9 Å². The molecule has 0 radical (unpaired) electrons. The molecular formula is C25H23FN2O2S. The minimum Gasteiger partial charge on any atom is -0.322 e. The summed E-state index contributed by atoms with van der Waals surface area (Å²) in [5.74, 6) is -0.457. The fourth-order valence-electron chi connectivity index (χ4n) is 3.77. The standard InChI is InChI=1S/C25H23FN2O2S/c1-16(2)17-9-5-8-14-22(17)28-23(29)15-31-25(28)19-11-4-7-13-21(19)27-24(30)18-10-3-6-12-20(18)26/h3-14,16,25H,15H2,1-2H3,(H,27,30). The number of hydrogen-bond donors (Lipinski definition) is 1. The van der Waals surface area contributed by atoms with E-state index in [1.807, 2.05) is 47.4 Å². The maximum absolute atomic E-state index is 14.1. The van der Waals surface area contributed by atoms with Gasteiger partial charge < -0.3 is 5.32 Å². The first-order valence-corrected chi connectivity index (χ1v) is 11.2. The van der Waals surface area contributed by atoms with Crippen LogP contribution in [0.15, 0.2) is 72.8 Å². The van der Waals surface area contributed by atoms with Crippen LogP contribution in [0.1, 0.15) is 46.6 Å². The fourth-order valence-corrected chi connectivity index (χ4v) is 4.98. The molecule has 0 aromatic heterocycles. The first kappa shape index (κ1) is 21.1. The van der Waals surface area contributed by atoms with Crippen molar-refractivity contribution in [2.24, 2.45) is 0 Å². The maximum Gasteiger partial charge on any atom is 0.258 e. The predicted octanol–water partition coefficient (Wildman–Crippen LogP) is 5.98. The molecule has 1 fully saturated rings. The molecule has 1 unspecified atom stereocenters. The van der Waals surface area contributed by atoms with E-state index in [1.165, 1.54) is 23.9 Å². The third kappa shape index (κ3) is 4.21. The number of anilines is 2. The molecule has 1 heterocycles. The number of nitrogens with zero attached hydrogens (tertiary/aromatic N) is 1. The minimum atomic E-state index is -0.574. The molecule has 0 saturated carbocycles. The van der Waals surface area contributed by atoms with Gasteiger partial charge in [0.05, 0.1) is 11.3 Å². The number of nitrogens with one attached hydrogen (secondary N) is 1. The Kier molecular flexibility index (Phi) is 6.09. The second kappa shape index (κ2) is 8.94. The van der Waals surface area contributed by atoms with Gasteiger partial charge in [-0.2, -0.15) is 0 Å². The highest BCUT2D eigenvalue weighted by Crippen LogP contribution is 2.46. The number of rotatable bonds is 5. The van der Waals surface area contributed by atoms with Gasteiger partial charge in [0.2, 0.25) is 5.91 Å². The first-order valence-electron chi connectivity index (χ1n) is 10.1. The Bertz CT molecular complexity index is 1130. The van der Waals surface area contributed by atoms with Crippen LogP contribution in [0.2, 0.25) is 0 Å². The highest BCUT2D eigenvalue weighted by Gasteiger charge is 2.36. The van der Waals surface area contributed by atoms with Crippen molar-refractivity contribution in [3.8, 4) is 0 Å². The lowest BCUT2D eigenvalue weighted by molar-refractivity contribution is -0.115. The van der Waals surface area contributed by atoms with Gasteiger partial charge in [-0.1, -0.05) is 62.4 Å². The Morgan fingerprint density at radius 3 is 2.48 bits per heavy atom. The van der Waals surface area contributed by atoms with Crippen LogP contribution in [-0.4, -0.2) is 17.6 Å². The number of para-hydroxylation sites is 2. The summed E-state index contributed by atoms with van der Waals surface area (Å²) in [6, 6.07) is 21.2. The number of carbonyl (C=O) groups is 2. The zero-order valence-corrected chi connectivity index (χ0v) is 18.2. The molecule has 1 aliphatic rings. The lowest BCUT2D eigenvalue weighted by Crippen LogP contribution is -2.29. The van der Waals surface area contributed by atoms with Gasteiger partial charge in [-0.15, -0.1) is 11.8 Å². The van der Waals surface area contributed by atoms with Gasteiger partial charge in [-0.05, 0) is 35.7 Å². The number of carbonyl (C=O) groups excluding carboxylic acids is 2. The van der Waals surface area contributed by atoms with Crippen LogP contribution in [0.4, 0.5) is 15.8 Å². The zero-order chi connectivity index (χ0) is 22.0. The first-order chi connectivity index (χ1) is 15.0. The maximum atomic E-state index is 14.1. The van der Waals surface area contributed by atoms with Crippen LogP contribution in [0.25, 0.3) is 0 Å². The van der Waals surface area contributed by atoms with Gasteiger partial charge in [-0.25, -0.2) is 4.39 Å². The van der Waals surface area contributed by atoms with E-state index >= 15 is 0 Å². The van der Waals surface area contributed by atoms with E-state index in [2.05, 4.69) is 19.2 Å². The number of halogens is 1. The van der Waals surface area contributed by atoms with Crippen molar-refractivity contribution in [3.63, 3.8) is 0 Å². The third-order valence-corrected chi connectivity index (χ3v) is 6.47. The number of amides is 2. The van der Waals surface area contributed by atoms with Gasteiger partial charge in [0.15, 0.2) is 0 Å². The molecule has 6 heteroatoms. The Hall–Kier alpha value is -3.12. The van der Waals surface area contributed by atoms with Crippen LogP contribution >= 0.6 is 11.8 Å². The SMILES string of the molecule is CC(C)c1ccccc1N1C(=O)CSC1c1ccccc1NC(=O)c1ccccc1F. The molecular weight excluding hydrogens is 411 g/mol. The zero-order valence-electron chi connectivity index (χ0n) is 17.3. The molecule has 4 nitrogen and oxygen atoms in total. The van der Waals surface area contributed by atoms with E-state index in [0.29, 0.717) is 11.4 Å². The summed E-state index contributed by atoms with van der Waals surface area (Å²) in [5, 5.41) is 2.55. The lowest BCUT2D eigenvalue weighted by atomic mass is 10.00. The highest BCUT2D eigenvalue weighted by atomic mass is 32.2. The molecule has 0 spiro atoms. The second-order valence-corrected chi connectivity index (χ2v) is 8.73. The summed E-state index contributed by atoms with van der Waals surface area (Å²) >= 11 is 1.52. The van der Waals surface area contributed by atoms with Crippen LogP contribution in [0.3, 0.4) is 0 Å². The molecule has 1 aliphatic heterocycles. The van der Waals surface area contributed by atoms with E-state index in [-0.39, 0.29) is 22.8 Å². The molecule has 1 atom stereocenters. The van der Waals surface area contributed by atoms with Gasteiger partial charge in [-0.3, -0.25) is 14.5 Å². The van der Waals surface area contributed by atoms with Crippen molar-refractivity contribution in [3.05, 3.63) is 95.3 Å². The van der Waals surface area contributed by atoms with E-state index in [0.717, 1.165) is 16.8 Å². The Labute approximate surface area is 185 Å². The second-order valence-electron chi connectivity index (χ2n) is 7.66. The van der Waals surface area contributed by atoms with Crippen molar-refractivity contribution in [2.75, 3.05) is 16.0 Å². The summed E-state index contributed by atoms with van der Waals surface area (Å²) in [6.07, 6.45) is 0. The Morgan fingerprint density at radius 1 is 1.03 bits per heavy atom. The van der Waals surface area contributed by atoms with Crippen molar-refractivity contribution in [1.29, 1.82) is 0 Å². The molecule has 1 saturated heterocycles. The molecule has 3 aromatic rings. The van der Waals surface area contributed by atoms with Crippen molar-refractivity contribution in [1.82, 2.24) is 0 Å². The molecule has 0 bridgehead atoms. The average molecular weight is 435 g/mol. The molecule has 31 heavy (non-hydrogen) atoms. The molecule has 3 aromatic carbocycles. The molecule has 2 amide bonds. The lowest BCUT2D eigenvalue weighted by Gasteiger charge is -2.29. The fraction of sp³-hybridized carbons (Fsp3) is 0.200. The van der Waals surface area contributed by atoms with Gasteiger partial charge in [0.25, 0.3) is 5.91 Å². The number of thioether (sulfide) groups is 1. The van der Waals surface area contributed by atoms with E-state index < -0.39 is 11.7 Å². The Balaban J connectivity index is 1.71. The van der Waals surface area contributed by atoms with Crippen molar-refractivity contribution < 1.29 is 14.0 Å². The quantitative estimate of drug-likeness (QED) is 0.537. The normalized spacial score (nSPS) is 16.1. The van der Waals surface area contributed by atoms with Crippen molar-refractivity contribution >= 4 is 35.0 Å². The monoisotopic (exact) mass is 434 g/mol. The van der Waals surface area contributed by atoms with E-state index in [1.54, 1.807) is 18.2 Å². The summed E-state index contributed by atoms with van der Waals surface area (Å²) in [6.45, 7) is 4.20. The highest BCUT2D eigenvalue weighted by molar-refractivity contribution is 8.00.